The van der Waals surface area contributed by atoms with E-state index in [0.29, 0.717) is 5.92 Å². The summed E-state index contributed by atoms with van der Waals surface area (Å²) in [5.74, 6) is -0.0838. The third kappa shape index (κ3) is 1.88. The predicted molar refractivity (Wildman–Crippen MR) is 67.8 cm³/mol. The normalized spacial score (nSPS) is 26.6. The van der Waals surface area contributed by atoms with Crippen molar-refractivity contribution in [3.63, 3.8) is 0 Å². The first-order chi connectivity index (χ1) is 8.05. The summed E-state index contributed by atoms with van der Waals surface area (Å²) in [6.45, 7) is 4.20. The zero-order valence-corrected chi connectivity index (χ0v) is 11.0. The molecule has 0 heterocycles. The maximum absolute atomic E-state index is 13.1. The Morgan fingerprint density at radius 1 is 1.41 bits per heavy atom. The van der Waals surface area contributed by atoms with Gasteiger partial charge in [-0.05, 0) is 42.9 Å². The van der Waals surface area contributed by atoms with Gasteiger partial charge in [0, 0.05) is 5.41 Å². The summed E-state index contributed by atoms with van der Waals surface area (Å²) in [6, 6.07) is 4.91. The summed E-state index contributed by atoms with van der Waals surface area (Å²) in [4.78, 5) is 0. The van der Waals surface area contributed by atoms with Gasteiger partial charge in [0.25, 0.3) is 0 Å². The molecule has 1 fully saturated rings. The van der Waals surface area contributed by atoms with E-state index in [1.54, 1.807) is 12.1 Å². The molecule has 1 N–H and O–H groups in total. The lowest BCUT2D eigenvalue weighted by molar-refractivity contribution is -0.0932. The second kappa shape index (κ2) is 4.58. The van der Waals surface area contributed by atoms with E-state index in [2.05, 4.69) is 13.8 Å². The zero-order chi connectivity index (χ0) is 12.6. The molecule has 3 heteroatoms. The van der Waals surface area contributed by atoms with Crippen LogP contribution in [0, 0.1) is 11.2 Å². The number of rotatable bonds is 3. The van der Waals surface area contributed by atoms with Gasteiger partial charge in [-0.2, -0.15) is 0 Å². The molecule has 2 rings (SSSR count). The van der Waals surface area contributed by atoms with Crippen LogP contribution in [0.5, 0.6) is 0 Å². The van der Waals surface area contributed by atoms with Crippen molar-refractivity contribution < 1.29 is 9.50 Å². The quantitative estimate of drug-likeness (QED) is 0.862. The molecule has 0 spiro atoms. The largest absolute Gasteiger partial charge is 0.393 e. The Hall–Kier alpha value is -0.600. The van der Waals surface area contributed by atoms with Crippen LogP contribution in [0.1, 0.15) is 44.6 Å². The Bertz CT molecular complexity index is 415. The Balaban J connectivity index is 2.32. The lowest BCUT2D eigenvalue weighted by Gasteiger charge is -2.54. The van der Waals surface area contributed by atoms with E-state index in [1.165, 1.54) is 6.07 Å². The molecule has 1 saturated carbocycles. The van der Waals surface area contributed by atoms with Gasteiger partial charge < -0.3 is 5.11 Å². The van der Waals surface area contributed by atoms with E-state index in [0.717, 1.165) is 24.8 Å². The van der Waals surface area contributed by atoms with E-state index in [-0.39, 0.29) is 22.4 Å². The molecule has 1 aromatic carbocycles. The zero-order valence-electron chi connectivity index (χ0n) is 10.2. The van der Waals surface area contributed by atoms with Crippen molar-refractivity contribution in [1.29, 1.82) is 0 Å². The van der Waals surface area contributed by atoms with Gasteiger partial charge in [0.2, 0.25) is 0 Å². The van der Waals surface area contributed by atoms with E-state index in [9.17, 15) is 9.50 Å². The molecule has 0 radical (unpaired) electrons. The summed E-state index contributed by atoms with van der Waals surface area (Å²) < 4.78 is 13.1. The summed E-state index contributed by atoms with van der Waals surface area (Å²) in [5, 5.41) is 10.2. The van der Waals surface area contributed by atoms with Gasteiger partial charge in [-0.3, -0.25) is 0 Å². The fourth-order valence-electron chi connectivity index (χ4n) is 3.18. The fraction of sp³-hybridized carbons (Fsp3) is 0.571. The summed E-state index contributed by atoms with van der Waals surface area (Å²) in [5.41, 5.74) is 0.992. The molecule has 2 unspecified atom stereocenters. The number of hydrogen-bond acceptors (Lipinski definition) is 1. The van der Waals surface area contributed by atoms with E-state index in [1.807, 2.05) is 0 Å². The highest BCUT2D eigenvalue weighted by Crippen LogP contribution is 2.57. The average Bonchev–Trinajstić information content (AvgIpc) is 2.32. The maximum atomic E-state index is 13.1. The molecule has 17 heavy (non-hydrogen) atoms. The van der Waals surface area contributed by atoms with Crippen LogP contribution in [-0.2, 0) is 0 Å². The number of aliphatic hydroxyl groups excluding tert-OH is 1. The van der Waals surface area contributed by atoms with Crippen LogP contribution in [0.2, 0.25) is 5.02 Å². The monoisotopic (exact) mass is 256 g/mol. The number of hydrogen-bond donors (Lipinski definition) is 1. The van der Waals surface area contributed by atoms with Gasteiger partial charge in [0.15, 0.2) is 0 Å². The summed E-state index contributed by atoms with van der Waals surface area (Å²) in [6.07, 6.45) is 2.38. The molecule has 0 amide bonds. The van der Waals surface area contributed by atoms with Crippen LogP contribution >= 0.6 is 11.6 Å². The Morgan fingerprint density at radius 3 is 2.53 bits per heavy atom. The van der Waals surface area contributed by atoms with Crippen LogP contribution in [-0.4, -0.2) is 11.2 Å². The van der Waals surface area contributed by atoms with Gasteiger partial charge in [-0.1, -0.05) is 31.5 Å². The number of benzene rings is 1. The van der Waals surface area contributed by atoms with Crippen LogP contribution in [0.3, 0.4) is 0 Å². The Labute approximate surface area is 107 Å². The fourth-order valence-corrected chi connectivity index (χ4v) is 3.36. The van der Waals surface area contributed by atoms with Crippen molar-refractivity contribution in [3.8, 4) is 0 Å². The lowest BCUT2D eigenvalue weighted by atomic mass is 9.53. The van der Waals surface area contributed by atoms with E-state index in [4.69, 9.17) is 11.6 Å². The van der Waals surface area contributed by atoms with Crippen LogP contribution in [0.4, 0.5) is 4.39 Å². The number of aliphatic hydroxyl groups is 1. The van der Waals surface area contributed by atoms with Crippen LogP contribution in [0.25, 0.3) is 0 Å². The molecule has 94 valence electrons. The predicted octanol–water partition coefficient (Wildman–Crippen LogP) is 4.13. The first-order valence-electron chi connectivity index (χ1n) is 6.18. The molecule has 0 bridgehead atoms. The van der Waals surface area contributed by atoms with Gasteiger partial charge >= 0.3 is 0 Å². The minimum absolute atomic E-state index is 0.0544. The van der Waals surface area contributed by atoms with Gasteiger partial charge in [0.05, 0.1) is 11.1 Å². The topological polar surface area (TPSA) is 20.2 Å². The smallest absolute Gasteiger partial charge is 0.141 e. The van der Waals surface area contributed by atoms with Crippen molar-refractivity contribution in [3.05, 3.63) is 34.6 Å². The van der Waals surface area contributed by atoms with Crippen LogP contribution < -0.4 is 0 Å². The third-order valence-corrected chi connectivity index (χ3v) is 4.77. The molecular weight excluding hydrogens is 239 g/mol. The van der Waals surface area contributed by atoms with Crippen LogP contribution in [0.15, 0.2) is 18.2 Å². The molecule has 1 aromatic rings. The highest BCUT2D eigenvalue weighted by atomic mass is 35.5. The summed E-state index contributed by atoms with van der Waals surface area (Å²) >= 11 is 5.82. The molecule has 1 aliphatic carbocycles. The van der Waals surface area contributed by atoms with Crippen molar-refractivity contribution in [2.45, 2.75) is 45.1 Å². The minimum atomic E-state index is -0.381. The van der Waals surface area contributed by atoms with E-state index < -0.39 is 0 Å². The minimum Gasteiger partial charge on any atom is -0.393 e. The van der Waals surface area contributed by atoms with Gasteiger partial charge in [-0.25, -0.2) is 4.39 Å². The maximum Gasteiger partial charge on any atom is 0.141 e. The van der Waals surface area contributed by atoms with Crippen molar-refractivity contribution in [1.82, 2.24) is 0 Å². The first-order valence-corrected chi connectivity index (χ1v) is 6.56. The van der Waals surface area contributed by atoms with E-state index >= 15 is 0 Å². The van der Waals surface area contributed by atoms with Crippen molar-refractivity contribution >= 4 is 11.6 Å². The molecule has 1 aliphatic rings. The standard InChI is InChI=1S/C14H18ClFO/c1-3-14(4-2)10(8-13(14)17)9-5-6-12(16)11(15)7-9/h5-7,10,13,17H,3-4,8H2,1-2H3. The second-order valence-electron chi connectivity index (χ2n) is 4.92. The van der Waals surface area contributed by atoms with Crippen molar-refractivity contribution in [2.24, 2.45) is 5.41 Å². The Morgan fingerprint density at radius 2 is 2.06 bits per heavy atom. The van der Waals surface area contributed by atoms with Crippen molar-refractivity contribution in [2.75, 3.05) is 0 Å². The Kier molecular flexibility index (Phi) is 3.46. The molecule has 1 nitrogen and oxygen atoms in total. The van der Waals surface area contributed by atoms with Gasteiger partial charge in [0.1, 0.15) is 5.82 Å². The van der Waals surface area contributed by atoms with Gasteiger partial charge in [-0.15, -0.1) is 0 Å². The third-order valence-electron chi connectivity index (χ3n) is 4.48. The molecule has 2 atom stereocenters. The molecular formula is C14H18ClFO. The molecule has 0 aromatic heterocycles. The SMILES string of the molecule is CCC1(CC)C(O)CC1c1ccc(F)c(Cl)c1. The molecule has 0 aliphatic heterocycles. The average molecular weight is 257 g/mol. The highest BCUT2D eigenvalue weighted by molar-refractivity contribution is 6.30. The lowest BCUT2D eigenvalue weighted by Crippen LogP contribution is -2.50. The second-order valence-corrected chi connectivity index (χ2v) is 5.33. The molecule has 0 saturated heterocycles. The summed E-state index contributed by atoms with van der Waals surface area (Å²) in [7, 11) is 0. The highest BCUT2D eigenvalue weighted by Gasteiger charge is 2.52. The number of halogens is 2. The first kappa shape index (κ1) is 12.8.